The molecule has 0 aliphatic rings. The minimum Gasteiger partial charge on any atom is -1.00 e. The van der Waals surface area contributed by atoms with E-state index < -0.39 is 0 Å². The Morgan fingerprint density at radius 3 is 1.31 bits per heavy atom. The van der Waals surface area contributed by atoms with Crippen molar-refractivity contribution >= 4 is 0 Å². The molecule has 2 rings (SSSR count). The van der Waals surface area contributed by atoms with Crippen molar-refractivity contribution in [2.45, 2.75) is 13.1 Å². The summed E-state index contributed by atoms with van der Waals surface area (Å²) in [6.07, 6.45) is 7.99. The highest BCUT2D eigenvalue weighted by Gasteiger charge is 2.00. The van der Waals surface area contributed by atoms with Crippen LogP contribution in [0.15, 0.2) is 49.1 Å². The van der Waals surface area contributed by atoms with Crippen molar-refractivity contribution in [3.63, 3.8) is 0 Å². The molecule has 0 aromatic carbocycles. The first-order valence-corrected chi connectivity index (χ1v) is 7.38. The predicted octanol–water partition coefficient (Wildman–Crippen LogP) is -14.6. The standard InChI is InChI=1S/C14H18N4.2CH4O.4HI/c1-3-13(9-15-5-1)11-17-7-8-18-12-14-4-2-6-16-10-14;2*1-2;;;;/h1-6,9-10,17-18H,7-8,11-12H2;2*2H,1H3;4*1H. The van der Waals surface area contributed by atoms with Gasteiger partial charge in [0.2, 0.25) is 0 Å². The lowest BCUT2D eigenvalue weighted by Crippen LogP contribution is -3.00. The smallest absolute Gasteiger partial charge is 0.175 e. The van der Waals surface area contributed by atoms with Crippen LogP contribution in [0.3, 0.4) is 0 Å². The largest absolute Gasteiger partial charge is 1.00 e. The Morgan fingerprint density at radius 2 is 1.04 bits per heavy atom. The molecular weight excluding hydrogens is 788 g/mol. The predicted molar refractivity (Wildman–Crippen MR) is 83.3 cm³/mol. The van der Waals surface area contributed by atoms with Gasteiger partial charge in [0.25, 0.3) is 0 Å². The van der Waals surface area contributed by atoms with Crippen LogP contribution in [-0.2, 0) is 13.1 Å². The number of halogens is 4. The molecule has 0 amide bonds. The van der Waals surface area contributed by atoms with Gasteiger partial charge < -0.3 is 117 Å². The van der Waals surface area contributed by atoms with Gasteiger partial charge in [-0.15, -0.1) is 0 Å². The van der Waals surface area contributed by atoms with Crippen LogP contribution in [0.1, 0.15) is 11.1 Å². The topological polar surface area (TPSA) is 102 Å². The van der Waals surface area contributed by atoms with E-state index in [4.69, 9.17) is 10.2 Å². The second kappa shape index (κ2) is 30.8. The second-order valence-corrected chi connectivity index (χ2v) is 4.39. The summed E-state index contributed by atoms with van der Waals surface area (Å²) in [5.41, 5.74) is 2.69. The number of hydrogen-bond donors (Lipinski definition) is 4. The van der Waals surface area contributed by atoms with Gasteiger partial charge in [0, 0.05) is 26.4 Å². The number of nitrogens with two attached hydrogens (primary N) is 2. The van der Waals surface area contributed by atoms with Crippen molar-refractivity contribution in [2.75, 3.05) is 27.3 Å². The number of pyridine rings is 2. The van der Waals surface area contributed by atoms with Gasteiger partial charge in [-0.1, -0.05) is 0 Å². The van der Waals surface area contributed by atoms with E-state index in [2.05, 4.69) is 45.1 Å². The molecule has 0 radical (unpaired) electrons. The fourth-order valence-electron chi connectivity index (χ4n) is 1.89. The molecule has 0 spiro atoms. The van der Waals surface area contributed by atoms with E-state index in [-0.39, 0.29) is 95.9 Å². The van der Waals surface area contributed by atoms with Gasteiger partial charge in [0.05, 0.1) is 11.1 Å². The van der Waals surface area contributed by atoms with Crippen molar-refractivity contribution in [1.82, 2.24) is 0 Å². The molecule has 0 saturated carbocycles. The van der Waals surface area contributed by atoms with Crippen LogP contribution < -0.4 is 117 Å². The van der Waals surface area contributed by atoms with Gasteiger partial charge in [0.15, 0.2) is 24.8 Å². The minimum atomic E-state index is 0. The number of aliphatic hydroxyl groups excluding tert-OH is 2. The summed E-state index contributed by atoms with van der Waals surface area (Å²) < 4.78 is 0. The molecule has 8 N–H and O–H groups in total. The number of hydrogen-bond acceptors (Lipinski definition) is 2. The quantitative estimate of drug-likeness (QED) is 0.165. The third kappa shape index (κ3) is 21.4. The van der Waals surface area contributed by atoms with Crippen molar-refractivity contribution < 1.29 is 127 Å². The summed E-state index contributed by atoms with van der Waals surface area (Å²) in [5, 5.41) is 18.7. The van der Waals surface area contributed by atoms with Gasteiger partial charge in [-0.2, -0.15) is 0 Å². The fraction of sp³-hybridized carbons (Fsp3) is 0.375. The molecule has 6 nitrogen and oxygen atoms in total. The molecule has 154 valence electrons. The lowest BCUT2D eigenvalue weighted by atomic mass is 10.3. The van der Waals surface area contributed by atoms with Crippen molar-refractivity contribution in [1.29, 1.82) is 0 Å². The summed E-state index contributed by atoms with van der Waals surface area (Å²) in [4.78, 5) is 6.21. The molecule has 0 fully saturated rings. The van der Waals surface area contributed by atoms with Crippen molar-refractivity contribution in [3.05, 3.63) is 60.2 Å². The Kier molecular flexibility index (Phi) is 44.7. The van der Waals surface area contributed by atoms with Crippen molar-refractivity contribution in [3.8, 4) is 0 Å². The van der Waals surface area contributed by atoms with Gasteiger partial charge in [-0.3, -0.25) is 0 Å². The van der Waals surface area contributed by atoms with Gasteiger partial charge in [-0.05, 0) is 12.1 Å². The Balaban J connectivity index is -0.000000172. The van der Waals surface area contributed by atoms with Crippen LogP contribution in [0, 0.1) is 0 Å². The Labute approximate surface area is 224 Å². The lowest BCUT2D eigenvalue weighted by molar-refractivity contribution is -0.738. The zero-order chi connectivity index (χ0) is 16.5. The first-order valence-electron chi connectivity index (χ1n) is 7.38. The number of aromatic nitrogens is 2. The molecule has 10 heteroatoms. The zero-order valence-electron chi connectivity index (χ0n) is 15.0. The summed E-state index contributed by atoms with van der Waals surface area (Å²) in [6.45, 7) is 4.38. The van der Waals surface area contributed by atoms with Gasteiger partial charge in [0.1, 0.15) is 26.2 Å². The van der Waals surface area contributed by atoms with Crippen LogP contribution in [0.5, 0.6) is 0 Å². The molecule has 0 unspecified atom stereocenters. The molecule has 0 saturated heterocycles. The SMILES string of the molecule is CO.CO.[I-].[I-].[I-].[I-].c1c[nH+]cc(C[NH2+]CC[NH2+]Cc2ccc[nH+]c2)c1. The Morgan fingerprint density at radius 1 is 0.692 bits per heavy atom. The average molecular weight is 818 g/mol. The van der Waals surface area contributed by atoms with Crippen LogP contribution >= 0.6 is 0 Å². The highest BCUT2D eigenvalue weighted by Crippen LogP contribution is 1.88. The zero-order valence-corrected chi connectivity index (χ0v) is 23.6. The monoisotopic (exact) mass is 818 g/mol. The van der Waals surface area contributed by atoms with Crippen LogP contribution in [0.4, 0.5) is 0 Å². The Hall–Kier alpha value is 1.06. The first-order chi connectivity index (χ1) is 10.9. The van der Waals surface area contributed by atoms with E-state index in [0.29, 0.717) is 0 Å². The van der Waals surface area contributed by atoms with Crippen LogP contribution in [0.2, 0.25) is 0 Å². The first kappa shape index (κ1) is 37.8. The highest BCUT2D eigenvalue weighted by molar-refractivity contribution is 5.03. The minimum absolute atomic E-state index is 0. The number of aliphatic hydroxyl groups is 2. The maximum atomic E-state index is 7.00. The maximum Gasteiger partial charge on any atom is 0.175 e. The molecule has 0 aliphatic carbocycles. The maximum absolute atomic E-state index is 7.00. The summed E-state index contributed by atoms with van der Waals surface area (Å²) in [6, 6.07) is 8.38. The van der Waals surface area contributed by atoms with E-state index in [1.54, 1.807) is 0 Å². The third-order valence-corrected chi connectivity index (χ3v) is 2.88. The summed E-state index contributed by atoms with van der Waals surface area (Å²) >= 11 is 0. The number of quaternary nitrogens is 2. The number of H-pyrrole nitrogens is 2. The highest BCUT2D eigenvalue weighted by atomic mass is 127. The molecule has 26 heavy (non-hydrogen) atoms. The van der Waals surface area contributed by atoms with E-state index in [1.807, 2.05) is 24.5 Å². The second-order valence-electron chi connectivity index (χ2n) is 4.39. The Bertz CT molecular complexity index is 413. The molecule has 0 aliphatic heterocycles. The van der Waals surface area contributed by atoms with E-state index in [0.717, 1.165) is 40.4 Å². The third-order valence-electron chi connectivity index (χ3n) is 2.88. The summed E-state index contributed by atoms with van der Waals surface area (Å²) in [7, 11) is 2.00. The van der Waals surface area contributed by atoms with Crippen LogP contribution in [0.25, 0.3) is 0 Å². The van der Waals surface area contributed by atoms with Gasteiger partial charge >= 0.3 is 0 Å². The van der Waals surface area contributed by atoms with Crippen LogP contribution in [-0.4, -0.2) is 37.5 Å². The molecular formula is C16H30I4N4O2. The number of aromatic amines is 2. The molecule has 0 bridgehead atoms. The number of rotatable bonds is 7. The van der Waals surface area contributed by atoms with Gasteiger partial charge in [-0.25, -0.2) is 9.97 Å². The average Bonchev–Trinajstić information content (AvgIpc) is 2.63. The number of nitrogens with one attached hydrogen (secondary N) is 2. The lowest BCUT2D eigenvalue weighted by Gasteiger charge is -2.00. The summed E-state index contributed by atoms with van der Waals surface area (Å²) in [5.74, 6) is 0. The molecule has 2 aromatic rings. The van der Waals surface area contributed by atoms with E-state index in [1.165, 1.54) is 11.1 Å². The molecule has 0 atom stereocenters. The van der Waals surface area contributed by atoms with E-state index in [9.17, 15) is 0 Å². The van der Waals surface area contributed by atoms with E-state index >= 15 is 0 Å². The fourth-order valence-corrected chi connectivity index (χ4v) is 1.89. The normalized spacial score (nSPS) is 7.69. The van der Waals surface area contributed by atoms with Crippen molar-refractivity contribution in [2.24, 2.45) is 0 Å². The molecule has 2 aromatic heterocycles. The molecule has 2 heterocycles.